The molecule has 1 unspecified atom stereocenters. The number of alkyl halides is 1. The zero-order valence-electron chi connectivity index (χ0n) is 11.5. The van der Waals surface area contributed by atoms with E-state index in [0.717, 1.165) is 18.1 Å². The van der Waals surface area contributed by atoms with Gasteiger partial charge in [0.2, 0.25) is 0 Å². The van der Waals surface area contributed by atoms with Crippen LogP contribution in [0.4, 0.5) is 0 Å². The van der Waals surface area contributed by atoms with Gasteiger partial charge in [-0.15, -0.1) is 10.2 Å². The quantitative estimate of drug-likeness (QED) is 0.802. The van der Waals surface area contributed by atoms with Crippen LogP contribution in [0.2, 0.25) is 0 Å². The lowest BCUT2D eigenvalue weighted by Crippen LogP contribution is -2.34. The summed E-state index contributed by atoms with van der Waals surface area (Å²) in [6, 6.07) is 0. The highest BCUT2D eigenvalue weighted by molar-refractivity contribution is 9.08. The van der Waals surface area contributed by atoms with E-state index in [1.54, 1.807) is 7.11 Å². The van der Waals surface area contributed by atoms with Crippen molar-refractivity contribution in [2.24, 2.45) is 0 Å². The summed E-state index contributed by atoms with van der Waals surface area (Å²) < 4.78 is 7.79. The lowest BCUT2D eigenvalue weighted by molar-refractivity contribution is -0.0148. The van der Waals surface area contributed by atoms with Gasteiger partial charge in [-0.2, -0.15) is 0 Å². The third kappa shape index (κ3) is 2.71. The molecular weight excluding hydrogens is 282 g/mol. The molecule has 4 nitrogen and oxygen atoms in total. The van der Waals surface area contributed by atoms with Gasteiger partial charge < -0.3 is 9.30 Å². The van der Waals surface area contributed by atoms with Crippen LogP contribution in [-0.2, 0) is 21.2 Å². The van der Waals surface area contributed by atoms with Crippen molar-refractivity contribution in [3.63, 3.8) is 0 Å². The second-order valence-electron chi connectivity index (χ2n) is 5.37. The molecule has 1 aromatic rings. The first kappa shape index (κ1) is 14.6. The van der Waals surface area contributed by atoms with Gasteiger partial charge in [0.25, 0.3) is 0 Å². The monoisotopic (exact) mass is 303 g/mol. The van der Waals surface area contributed by atoms with Crippen molar-refractivity contribution in [2.45, 2.75) is 57.5 Å². The molecule has 0 spiro atoms. The Kier molecular flexibility index (Phi) is 4.36. The predicted molar refractivity (Wildman–Crippen MR) is 72.3 cm³/mol. The maximum absolute atomic E-state index is 5.63. The van der Waals surface area contributed by atoms with Crippen LogP contribution in [0, 0.1) is 0 Å². The second kappa shape index (κ2) is 5.06. The van der Waals surface area contributed by atoms with Gasteiger partial charge in [-0.3, -0.25) is 0 Å². The number of halogens is 1. The van der Waals surface area contributed by atoms with Gasteiger partial charge in [-0.1, -0.05) is 22.9 Å². The molecule has 0 aliphatic carbocycles. The van der Waals surface area contributed by atoms with Crippen molar-refractivity contribution in [1.82, 2.24) is 14.8 Å². The van der Waals surface area contributed by atoms with Crippen LogP contribution in [0.5, 0.6) is 0 Å². The zero-order chi connectivity index (χ0) is 13.3. The van der Waals surface area contributed by atoms with Crippen molar-refractivity contribution in [3.8, 4) is 0 Å². The summed E-state index contributed by atoms with van der Waals surface area (Å²) in [7, 11) is 1.72. The van der Waals surface area contributed by atoms with Crippen LogP contribution in [0.1, 0.15) is 52.7 Å². The second-order valence-corrected chi connectivity index (χ2v) is 5.93. The molecule has 0 aliphatic rings. The Bertz CT molecular complexity index is 378. The van der Waals surface area contributed by atoms with Gasteiger partial charge >= 0.3 is 0 Å². The summed E-state index contributed by atoms with van der Waals surface area (Å²) in [5, 5.41) is 9.27. The number of hydrogen-bond donors (Lipinski definition) is 0. The molecule has 0 saturated heterocycles. The van der Waals surface area contributed by atoms with Gasteiger partial charge in [-0.25, -0.2) is 0 Å². The van der Waals surface area contributed by atoms with E-state index in [1.807, 2.05) is 0 Å². The smallest absolute Gasteiger partial charge is 0.165 e. The van der Waals surface area contributed by atoms with Crippen molar-refractivity contribution in [1.29, 1.82) is 0 Å². The van der Waals surface area contributed by atoms with E-state index >= 15 is 0 Å². The molecule has 0 fully saturated rings. The molecule has 17 heavy (non-hydrogen) atoms. The van der Waals surface area contributed by atoms with Crippen LogP contribution < -0.4 is 0 Å². The van der Waals surface area contributed by atoms with Crippen molar-refractivity contribution < 1.29 is 4.74 Å². The van der Waals surface area contributed by atoms with Crippen molar-refractivity contribution in [3.05, 3.63) is 11.6 Å². The molecule has 1 heterocycles. The van der Waals surface area contributed by atoms with Crippen LogP contribution in [0.3, 0.4) is 0 Å². The SMILES string of the molecule is CCC(C)(OC)c1nnc(CBr)n1C(C)(C)C. The highest BCUT2D eigenvalue weighted by Crippen LogP contribution is 2.31. The number of aromatic nitrogens is 3. The Hall–Kier alpha value is -0.420. The van der Waals surface area contributed by atoms with Gasteiger partial charge in [0.1, 0.15) is 11.4 Å². The molecule has 1 atom stereocenters. The average molecular weight is 304 g/mol. The molecule has 0 radical (unpaired) electrons. The van der Waals surface area contributed by atoms with Crippen molar-refractivity contribution >= 4 is 15.9 Å². The van der Waals surface area contributed by atoms with Crippen LogP contribution >= 0.6 is 15.9 Å². The number of hydrogen-bond acceptors (Lipinski definition) is 3. The zero-order valence-corrected chi connectivity index (χ0v) is 13.1. The van der Waals surface area contributed by atoms with Crippen LogP contribution in [-0.4, -0.2) is 21.9 Å². The van der Waals surface area contributed by atoms with Crippen LogP contribution in [0.15, 0.2) is 0 Å². The van der Waals surface area contributed by atoms with E-state index in [-0.39, 0.29) is 11.1 Å². The van der Waals surface area contributed by atoms with E-state index in [4.69, 9.17) is 4.74 Å². The standard InChI is InChI=1S/C12H22BrN3O/c1-7-12(5,17-6)10-15-14-9(8-13)16(10)11(2,3)4/h7-8H2,1-6H3. The number of ether oxygens (including phenoxy) is 1. The molecule has 0 amide bonds. The summed E-state index contributed by atoms with van der Waals surface area (Å²) in [5.74, 6) is 1.83. The summed E-state index contributed by atoms with van der Waals surface area (Å²) in [6.07, 6.45) is 0.861. The van der Waals surface area contributed by atoms with Crippen molar-refractivity contribution in [2.75, 3.05) is 7.11 Å². The Morgan fingerprint density at radius 2 is 1.82 bits per heavy atom. The Labute approximate surface area is 112 Å². The summed E-state index contributed by atoms with van der Waals surface area (Å²) in [4.78, 5) is 0. The maximum atomic E-state index is 5.63. The Balaban J connectivity index is 3.40. The minimum absolute atomic E-state index is 0.0586. The maximum Gasteiger partial charge on any atom is 0.165 e. The number of methoxy groups -OCH3 is 1. The number of nitrogens with zero attached hydrogens (tertiary/aromatic N) is 3. The molecule has 1 aromatic heterocycles. The fraction of sp³-hybridized carbons (Fsp3) is 0.833. The molecule has 5 heteroatoms. The van der Waals surface area contributed by atoms with Gasteiger partial charge in [0.15, 0.2) is 5.82 Å². The predicted octanol–water partition coefficient (Wildman–Crippen LogP) is 3.20. The molecule has 0 aromatic carbocycles. The lowest BCUT2D eigenvalue weighted by Gasteiger charge is -2.32. The average Bonchev–Trinajstić information content (AvgIpc) is 2.71. The fourth-order valence-corrected chi connectivity index (χ4v) is 2.21. The summed E-state index contributed by atoms with van der Waals surface area (Å²) >= 11 is 3.46. The molecule has 0 N–H and O–H groups in total. The Morgan fingerprint density at radius 1 is 1.24 bits per heavy atom. The molecule has 0 bridgehead atoms. The Morgan fingerprint density at radius 3 is 2.18 bits per heavy atom. The van der Waals surface area contributed by atoms with E-state index in [9.17, 15) is 0 Å². The third-order valence-electron chi connectivity index (χ3n) is 3.12. The van der Waals surface area contributed by atoms with Crippen LogP contribution in [0.25, 0.3) is 0 Å². The molecular formula is C12H22BrN3O. The molecule has 0 aliphatic heterocycles. The minimum Gasteiger partial charge on any atom is -0.371 e. The summed E-state index contributed by atoms with van der Waals surface area (Å²) in [6.45, 7) is 10.6. The van der Waals surface area contributed by atoms with E-state index in [2.05, 4.69) is 65.3 Å². The van der Waals surface area contributed by atoms with Gasteiger partial charge in [-0.05, 0) is 34.1 Å². The number of rotatable bonds is 4. The molecule has 98 valence electrons. The van der Waals surface area contributed by atoms with E-state index in [0.29, 0.717) is 5.33 Å². The largest absolute Gasteiger partial charge is 0.371 e. The molecule has 0 saturated carbocycles. The van der Waals surface area contributed by atoms with E-state index in [1.165, 1.54) is 0 Å². The first-order valence-electron chi connectivity index (χ1n) is 5.86. The first-order chi connectivity index (χ1) is 7.80. The van der Waals surface area contributed by atoms with Gasteiger partial charge in [0.05, 0.1) is 5.33 Å². The normalized spacial score (nSPS) is 15.9. The molecule has 1 rings (SSSR count). The van der Waals surface area contributed by atoms with Gasteiger partial charge in [0, 0.05) is 12.6 Å². The third-order valence-corrected chi connectivity index (χ3v) is 3.62. The lowest BCUT2D eigenvalue weighted by atomic mass is 9.99. The topological polar surface area (TPSA) is 39.9 Å². The summed E-state index contributed by atoms with van der Waals surface area (Å²) in [5.41, 5.74) is -0.447. The minimum atomic E-state index is -0.388. The fourth-order valence-electron chi connectivity index (χ4n) is 1.84. The van der Waals surface area contributed by atoms with E-state index < -0.39 is 0 Å². The first-order valence-corrected chi connectivity index (χ1v) is 6.98. The highest BCUT2D eigenvalue weighted by Gasteiger charge is 2.34. The highest BCUT2D eigenvalue weighted by atomic mass is 79.9.